The first kappa shape index (κ1) is 22.8. The van der Waals surface area contributed by atoms with Gasteiger partial charge in [0.15, 0.2) is 0 Å². The van der Waals surface area contributed by atoms with Crippen LogP contribution in [0.3, 0.4) is 0 Å². The van der Waals surface area contributed by atoms with Gasteiger partial charge in [-0.05, 0) is 56.7 Å². The summed E-state index contributed by atoms with van der Waals surface area (Å²) < 4.78 is 0. The molecule has 7 N–H and O–H groups in total. The molecule has 31 heavy (non-hydrogen) atoms. The highest BCUT2D eigenvalue weighted by molar-refractivity contribution is 5.93. The van der Waals surface area contributed by atoms with Gasteiger partial charge in [-0.3, -0.25) is 9.59 Å². The lowest BCUT2D eigenvalue weighted by atomic mass is 10.0. The first-order chi connectivity index (χ1) is 14.9. The van der Waals surface area contributed by atoms with Gasteiger partial charge >= 0.3 is 5.97 Å². The third-order valence-electron chi connectivity index (χ3n) is 5.83. The molecule has 9 nitrogen and oxygen atoms in total. The predicted octanol–water partition coefficient (Wildman–Crippen LogP) is 0.727. The Bertz CT molecular complexity index is 928. The van der Waals surface area contributed by atoms with Gasteiger partial charge in [-0.15, -0.1) is 0 Å². The number of unbranched alkanes of at least 4 members (excludes halogenated alkanes) is 1. The molecule has 1 aliphatic heterocycles. The summed E-state index contributed by atoms with van der Waals surface area (Å²) in [6.45, 7) is 0.906. The predicted molar refractivity (Wildman–Crippen MR) is 117 cm³/mol. The standard InChI is InChI=1S/C22H31N5O4/c23-10-4-3-8-18(22(30)31)26-20(28)19-9-5-11-27(19)21(29)16(24)12-14-13-25-17-7-2-1-6-15(14)17/h1-2,6-7,13,16,18-19,25H,3-5,8-12,23-24H2,(H,26,28)(H,30,31). The van der Waals surface area contributed by atoms with Gasteiger partial charge in [0.1, 0.15) is 12.1 Å². The molecular weight excluding hydrogens is 398 g/mol. The minimum absolute atomic E-state index is 0.294. The zero-order valence-corrected chi connectivity index (χ0v) is 17.5. The third-order valence-corrected chi connectivity index (χ3v) is 5.83. The fourth-order valence-corrected chi connectivity index (χ4v) is 4.16. The highest BCUT2D eigenvalue weighted by atomic mass is 16.4. The molecule has 0 radical (unpaired) electrons. The number of carboxylic acids is 1. The molecule has 1 saturated heterocycles. The average Bonchev–Trinajstić information content (AvgIpc) is 3.40. The number of nitrogens with zero attached hydrogens (tertiary/aromatic N) is 1. The van der Waals surface area contributed by atoms with Gasteiger partial charge in [-0.25, -0.2) is 4.79 Å². The average molecular weight is 430 g/mol. The van der Waals surface area contributed by atoms with Gasteiger partial charge in [0.2, 0.25) is 11.8 Å². The Hall–Kier alpha value is -2.91. The molecule has 3 unspecified atom stereocenters. The van der Waals surface area contributed by atoms with E-state index in [2.05, 4.69) is 10.3 Å². The molecule has 0 bridgehead atoms. The maximum absolute atomic E-state index is 13.0. The molecule has 1 aromatic heterocycles. The lowest BCUT2D eigenvalue weighted by molar-refractivity contribution is -0.144. The molecule has 2 heterocycles. The number of hydrogen-bond acceptors (Lipinski definition) is 5. The van der Waals surface area contributed by atoms with Gasteiger partial charge < -0.3 is 31.8 Å². The maximum Gasteiger partial charge on any atom is 0.326 e. The van der Waals surface area contributed by atoms with Crippen LogP contribution in [0.5, 0.6) is 0 Å². The van der Waals surface area contributed by atoms with E-state index in [0.29, 0.717) is 51.6 Å². The first-order valence-electron chi connectivity index (χ1n) is 10.8. The summed E-state index contributed by atoms with van der Waals surface area (Å²) in [4.78, 5) is 42.0. The molecule has 9 heteroatoms. The van der Waals surface area contributed by atoms with Crippen LogP contribution in [0.15, 0.2) is 30.5 Å². The van der Waals surface area contributed by atoms with E-state index >= 15 is 0 Å². The van der Waals surface area contributed by atoms with Crippen molar-refractivity contribution in [3.05, 3.63) is 36.0 Å². The maximum atomic E-state index is 13.0. The second-order valence-electron chi connectivity index (χ2n) is 8.04. The number of aromatic amines is 1. The van der Waals surface area contributed by atoms with Crippen LogP contribution in [0.1, 0.15) is 37.7 Å². The second kappa shape index (κ2) is 10.4. The van der Waals surface area contributed by atoms with Crippen LogP contribution in [0.2, 0.25) is 0 Å². The summed E-state index contributed by atoms with van der Waals surface area (Å²) in [5.74, 6) is -1.82. The molecule has 2 aromatic rings. The van der Waals surface area contributed by atoms with Gasteiger partial charge in [0.05, 0.1) is 6.04 Å². The van der Waals surface area contributed by atoms with Crippen LogP contribution in [0.4, 0.5) is 0 Å². The summed E-state index contributed by atoms with van der Waals surface area (Å²) >= 11 is 0. The number of amides is 2. The van der Waals surface area contributed by atoms with E-state index in [9.17, 15) is 19.5 Å². The number of carbonyl (C=O) groups excluding carboxylic acids is 2. The van der Waals surface area contributed by atoms with Crippen LogP contribution < -0.4 is 16.8 Å². The van der Waals surface area contributed by atoms with E-state index in [1.54, 1.807) is 0 Å². The topological polar surface area (TPSA) is 155 Å². The number of nitrogens with one attached hydrogen (secondary N) is 2. The first-order valence-corrected chi connectivity index (χ1v) is 10.8. The number of carbonyl (C=O) groups is 3. The Morgan fingerprint density at radius 2 is 2.03 bits per heavy atom. The molecule has 0 aliphatic carbocycles. The summed E-state index contributed by atoms with van der Waals surface area (Å²) in [7, 11) is 0. The summed E-state index contributed by atoms with van der Waals surface area (Å²) in [6, 6.07) is 5.32. The number of nitrogens with two attached hydrogens (primary N) is 2. The Kier molecular flexibility index (Phi) is 7.64. The van der Waals surface area contributed by atoms with Gasteiger partial charge in [-0.2, -0.15) is 0 Å². The highest BCUT2D eigenvalue weighted by Gasteiger charge is 2.37. The molecule has 168 valence electrons. The van der Waals surface area contributed by atoms with Crippen molar-refractivity contribution >= 4 is 28.7 Å². The van der Waals surface area contributed by atoms with Crippen molar-refractivity contribution in [2.75, 3.05) is 13.1 Å². The Morgan fingerprint density at radius 3 is 2.77 bits per heavy atom. The van der Waals surface area contributed by atoms with Crippen molar-refractivity contribution in [3.8, 4) is 0 Å². The molecule has 1 aliphatic rings. The number of likely N-dealkylation sites (tertiary alicyclic amines) is 1. The Morgan fingerprint density at radius 1 is 1.26 bits per heavy atom. The normalized spacial score (nSPS) is 18.1. The third kappa shape index (κ3) is 5.42. The largest absolute Gasteiger partial charge is 0.480 e. The fourth-order valence-electron chi connectivity index (χ4n) is 4.16. The number of fused-ring (bicyclic) bond motifs is 1. The lowest BCUT2D eigenvalue weighted by Gasteiger charge is -2.27. The second-order valence-corrected chi connectivity index (χ2v) is 8.04. The van der Waals surface area contributed by atoms with Gasteiger partial charge in [-0.1, -0.05) is 18.2 Å². The van der Waals surface area contributed by atoms with Crippen LogP contribution in [0, 0.1) is 0 Å². The number of aromatic nitrogens is 1. The molecule has 2 amide bonds. The van der Waals surface area contributed by atoms with Crippen molar-refractivity contribution < 1.29 is 19.5 Å². The molecule has 3 rings (SSSR count). The lowest BCUT2D eigenvalue weighted by Crippen LogP contribution is -2.54. The van der Waals surface area contributed by atoms with E-state index in [4.69, 9.17) is 11.5 Å². The Labute approximate surface area is 181 Å². The van der Waals surface area contributed by atoms with Crippen molar-refractivity contribution in [2.24, 2.45) is 11.5 Å². The highest BCUT2D eigenvalue weighted by Crippen LogP contribution is 2.22. The molecule has 0 saturated carbocycles. The van der Waals surface area contributed by atoms with Crippen LogP contribution >= 0.6 is 0 Å². The fraction of sp³-hybridized carbons (Fsp3) is 0.500. The minimum Gasteiger partial charge on any atom is -0.480 e. The molecular formula is C22H31N5O4. The summed E-state index contributed by atoms with van der Waals surface area (Å²) in [5.41, 5.74) is 13.6. The number of para-hydroxylation sites is 1. The molecule has 3 atom stereocenters. The van der Waals surface area contributed by atoms with E-state index in [0.717, 1.165) is 16.5 Å². The van der Waals surface area contributed by atoms with Crippen LogP contribution in [-0.2, 0) is 20.8 Å². The Balaban J connectivity index is 1.63. The number of benzene rings is 1. The van der Waals surface area contributed by atoms with Crippen LogP contribution in [0.25, 0.3) is 10.9 Å². The van der Waals surface area contributed by atoms with E-state index in [-0.39, 0.29) is 5.91 Å². The molecule has 0 spiro atoms. The number of aliphatic carboxylic acids is 1. The molecule has 1 fully saturated rings. The SMILES string of the molecule is NCCCCC(NC(=O)C1CCCN1C(=O)C(N)Cc1c[nH]c2ccccc12)C(=O)O. The van der Waals surface area contributed by atoms with Crippen molar-refractivity contribution in [1.82, 2.24) is 15.2 Å². The van der Waals surface area contributed by atoms with E-state index < -0.39 is 30.0 Å². The van der Waals surface area contributed by atoms with Crippen molar-refractivity contribution in [1.29, 1.82) is 0 Å². The number of carboxylic acid groups (broad SMARTS) is 1. The van der Waals surface area contributed by atoms with Crippen LogP contribution in [-0.4, -0.2) is 64.0 Å². The van der Waals surface area contributed by atoms with E-state index in [1.165, 1.54) is 4.90 Å². The zero-order chi connectivity index (χ0) is 22.4. The summed E-state index contributed by atoms with van der Waals surface area (Å²) in [6.07, 6.45) is 4.97. The minimum atomic E-state index is -1.09. The monoisotopic (exact) mass is 429 g/mol. The molecule has 1 aromatic carbocycles. The number of hydrogen-bond donors (Lipinski definition) is 5. The quantitative estimate of drug-likeness (QED) is 0.351. The van der Waals surface area contributed by atoms with Crippen molar-refractivity contribution in [3.63, 3.8) is 0 Å². The van der Waals surface area contributed by atoms with Crippen molar-refractivity contribution in [2.45, 2.75) is 56.7 Å². The van der Waals surface area contributed by atoms with Gasteiger partial charge in [0, 0.05) is 23.6 Å². The van der Waals surface area contributed by atoms with E-state index in [1.807, 2.05) is 30.5 Å². The van der Waals surface area contributed by atoms with Gasteiger partial charge in [0.25, 0.3) is 0 Å². The zero-order valence-electron chi connectivity index (χ0n) is 17.5. The number of H-pyrrole nitrogens is 1. The number of rotatable bonds is 10. The summed E-state index contributed by atoms with van der Waals surface area (Å²) in [5, 5.41) is 13.0. The smallest absolute Gasteiger partial charge is 0.326 e.